The largest absolute Gasteiger partial charge is 0.387 e. The third-order valence-electron chi connectivity index (χ3n) is 2.55. The van der Waals surface area contributed by atoms with E-state index in [-0.39, 0.29) is 10.8 Å². The SMILES string of the molecule is CC(Cl)C(O)c1ccc(C(C)(C)C)cc1. The molecule has 15 heavy (non-hydrogen) atoms. The van der Waals surface area contributed by atoms with Crippen LogP contribution in [0.25, 0.3) is 0 Å². The molecule has 1 aromatic rings. The Labute approximate surface area is 97.1 Å². The molecule has 2 heteroatoms. The van der Waals surface area contributed by atoms with Gasteiger partial charge >= 0.3 is 0 Å². The zero-order chi connectivity index (χ0) is 11.6. The normalized spacial score (nSPS) is 16.1. The Bertz CT molecular complexity index is 308. The number of hydrogen-bond donors (Lipinski definition) is 1. The Kier molecular flexibility index (Phi) is 3.80. The zero-order valence-corrected chi connectivity index (χ0v) is 10.5. The average Bonchev–Trinajstić information content (AvgIpc) is 2.15. The van der Waals surface area contributed by atoms with Gasteiger partial charge in [0, 0.05) is 0 Å². The summed E-state index contributed by atoms with van der Waals surface area (Å²) in [6, 6.07) is 8.00. The zero-order valence-electron chi connectivity index (χ0n) is 9.79. The van der Waals surface area contributed by atoms with Crippen molar-refractivity contribution in [3.05, 3.63) is 35.4 Å². The van der Waals surface area contributed by atoms with Gasteiger partial charge in [-0.15, -0.1) is 11.6 Å². The van der Waals surface area contributed by atoms with E-state index in [1.54, 1.807) is 6.92 Å². The number of aliphatic hydroxyl groups excluding tert-OH is 1. The molecular weight excluding hydrogens is 208 g/mol. The minimum atomic E-state index is -0.583. The summed E-state index contributed by atoms with van der Waals surface area (Å²) in [7, 11) is 0. The first-order valence-corrected chi connectivity index (χ1v) is 5.68. The van der Waals surface area contributed by atoms with Gasteiger partial charge in [-0.2, -0.15) is 0 Å². The fraction of sp³-hybridized carbons (Fsp3) is 0.538. The second kappa shape index (κ2) is 4.54. The van der Waals surface area contributed by atoms with Crippen molar-refractivity contribution in [3.8, 4) is 0 Å². The van der Waals surface area contributed by atoms with E-state index in [1.165, 1.54) is 5.56 Å². The van der Waals surface area contributed by atoms with Crippen molar-refractivity contribution in [2.24, 2.45) is 0 Å². The second-order valence-electron chi connectivity index (χ2n) is 4.99. The van der Waals surface area contributed by atoms with Gasteiger partial charge in [-0.25, -0.2) is 0 Å². The van der Waals surface area contributed by atoms with E-state index in [0.29, 0.717) is 0 Å². The van der Waals surface area contributed by atoms with E-state index in [9.17, 15) is 5.11 Å². The molecule has 0 aliphatic heterocycles. The van der Waals surface area contributed by atoms with E-state index >= 15 is 0 Å². The van der Waals surface area contributed by atoms with Gasteiger partial charge in [0.25, 0.3) is 0 Å². The van der Waals surface area contributed by atoms with Gasteiger partial charge in [-0.05, 0) is 23.5 Å². The lowest BCUT2D eigenvalue weighted by Gasteiger charge is -2.20. The molecule has 2 atom stereocenters. The Hall–Kier alpha value is -0.530. The third-order valence-corrected chi connectivity index (χ3v) is 2.79. The predicted molar refractivity (Wildman–Crippen MR) is 65.4 cm³/mol. The number of rotatable bonds is 2. The molecular formula is C13H19ClO. The number of hydrogen-bond acceptors (Lipinski definition) is 1. The highest BCUT2D eigenvalue weighted by molar-refractivity contribution is 6.20. The van der Waals surface area contributed by atoms with Crippen molar-refractivity contribution in [2.45, 2.75) is 44.6 Å². The smallest absolute Gasteiger partial charge is 0.0950 e. The Morgan fingerprint density at radius 3 is 1.93 bits per heavy atom. The summed E-state index contributed by atoms with van der Waals surface area (Å²) in [5.74, 6) is 0. The third kappa shape index (κ3) is 3.22. The van der Waals surface area contributed by atoms with Crippen LogP contribution in [0.5, 0.6) is 0 Å². The fourth-order valence-electron chi connectivity index (χ4n) is 1.45. The molecule has 1 rings (SSSR count). The van der Waals surface area contributed by atoms with E-state index in [4.69, 9.17) is 11.6 Å². The Morgan fingerprint density at radius 1 is 1.13 bits per heavy atom. The van der Waals surface area contributed by atoms with Crippen LogP contribution in [0.2, 0.25) is 0 Å². The summed E-state index contributed by atoms with van der Waals surface area (Å²) in [6.45, 7) is 8.30. The van der Waals surface area contributed by atoms with Crippen LogP contribution >= 0.6 is 11.6 Å². The summed E-state index contributed by atoms with van der Waals surface area (Å²) in [4.78, 5) is 0. The van der Waals surface area contributed by atoms with Crippen LogP contribution in [0.4, 0.5) is 0 Å². The minimum absolute atomic E-state index is 0.149. The molecule has 1 aromatic carbocycles. The standard InChI is InChI=1S/C13H19ClO/c1-9(14)12(15)10-5-7-11(8-6-10)13(2,3)4/h5-9,12,15H,1-4H3. The molecule has 0 bridgehead atoms. The lowest BCUT2D eigenvalue weighted by Crippen LogP contribution is -2.12. The van der Waals surface area contributed by atoms with Gasteiger partial charge in [0.15, 0.2) is 0 Å². The van der Waals surface area contributed by atoms with E-state index in [0.717, 1.165) is 5.56 Å². The number of alkyl halides is 1. The lowest BCUT2D eigenvalue weighted by molar-refractivity contribution is 0.177. The molecule has 0 spiro atoms. The maximum Gasteiger partial charge on any atom is 0.0950 e. The highest BCUT2D eigenvalue weighted by atomic mass is 35.5. The monoisotopic (exact) mass is 226 g/mol. The van der Waals surface area contributed by atoms with Gasteiger partial charge in [0.1, 0.15) is 0 Å². The maximum absolute atomic E-state index is 9.76. The predicted octanol–water partition coefficient (Wildman–Crippen LogP) is 3.64. The van der Waals surface area contributed by atoms with Crippen LogP contribution < -0.4 is 0 Å². The fourth-order valence-corrected chi connectivity index (χ4v) is 1.59. The first kappa shape index (κ1) is 12.5. The van der Waals surface area contributed by atoms with Crippen LogP contribution in [-0.2, 0) is 5.41 Å². The number of benzene rings is 1. The molecule has 2 unspecified atom stereocenters. The van der Waals surface area contributed by atoms with E-state index in [2.05, 4.69) is 32.9 Å². The van der Waals surface area contributed by atoms with Gasteiger partial charge in [-0.3, -0.25) is 0 Å². The average molecular weight is 227 g/mol. The summed E-state index contributed by atoms with van der Waals surface area (Å²) >= 11 is 5.84. The molecule has 1 N–H and O–H groups in total. The Morgan fingerprint density at radius 2 is 1.60 bits per heavy atom. The number of aliphatic hydroxyl groups is 1. The van der Waals surface area contributed by atoms with Gasteiger partial charge < -0.3 is 5.11 Å². The molecule has 0 saturated carbocycles. The first-order chi connectivity index (χ1) is 6.82. The lowest BCUT2D eigenvalue weighted by atomic mass is 9.86. The highest BCUT2D eigenvalue weighted by Gasteiger charge is 2.16. The molecule has 0 heterocycles. The van der Waals surface area contributed by atoms with Crippen molar-refractivity contribution < 1.29 is 5.11 Å². The summed E-state index contributed by atoms with van der Waals surface area (Å²) < 4.78 is 0. The molecule has 1 nitrogen and oxygen atoms in total. The molecule has 0 fully saturated rings. The van der Waals surface area contributed by atoms with Crippen LogP contribution in [0.3, 0.4) is 0 Å². The van der Waals surface area contributed by atoms with Crippen molar-refractivity contribution in [2.75, 3.05) is 0 Å². The minimum Gasteiger partial charge on any atom is -0.387 e. The summed E-state index contributed by atoms with van der Waals surface area (Å²) in [6.07, 6.45) is -0.583. The Balaban J connectivity index is 2.91. The molecule has 0 amide bonds. The first-order valence-electron chi connectivity index (χ1n) is 5.25. The molecule has 0 saturated heterocycles. The van der Waals surface area contributed by atoms with Gasteiger partial charge in [-0.1, -0.05) is 45.0 Å². The van der Waals surface area contributed by atoms with Gasteiger partial charge in [0.2, 0.25) is 0 Å². The second-order valence-corrected chi connectivity index (χ2v) is 5.68. The van der Waals surface area contributed by atoms with Crippen LogP contribution in [0.1, 0.15) is 44.9 Å². The molecule has 84 valence electrons. The molecule has 0 radical (unpaired) electrons. The van der Waals surface area contributed by atoms with Crippen molar-refractivity contribution in [1.82, 2.24) is 0 Å². The molecule has 0 aliphatic carbocycles. The summed E-state index contributed by atoms with van der Waals surface area (Å²) in [5, 5.41) is 9.50. The van der Waals surface area contributed by atoms with Crippen LogP contribution in [-0.4, -0.2) is 10.5 Å². The van der Waals surface area contributed by atoms with Crippen molar-refractivity contribution in [3.63, 3.8) is 0 Å². The van der Waals surface area contributed by atoms with Crippen LogP contribution in [0.15, 0.2) is 24.3 Å². The van der Waals surface area contributed by atoms with Gasteiger partial charge in [0.05, 0.1) is 11.5 Å². The van der Waals surface area contributed by atoms with E-state index < -0.39 is 6.10 Å². The molecule has 0 aliphatic rings. The van der Waals surface area contributed by atoms with Crippen molar-refractivity contribution >= 4 is 11.6 Å². The van der Waals surface area contributed by atoms with Crippen molar-refractivity contribution in [1.29, 1.82) is 0 Å². The van der Waals surface area contributed by atoms with Crippen LogP contribution in [0, 0.1) is 0 Å². The maximum atomic E-state index is 9.76. The molecule has 0 aromatic heterocycles. The quantitative estimate of drug-likeness (QED) is 0.764. The van der Waals surface area contributed by atoms with E-state index in [1.807, 2.05) is 12.1 Å². The number of halogens is 1. The highest BCUT2D eigenvalue weighted by Crippen LogP contribution is 2.26. The summed E-state index contributed by atoms with van der Waals surface area (Å²) in [5.41, 5.74) is 2.29. The topological polar surface area (TPSA) is 20.2 Å².